The lowest BCUT2D eigenvalue weighted by atomic mass is 10.1. The van der Waals surface area contributed by atoms with Crippen LogP contribution in [-0.4, -0.2) is 68.7 Å². The first-order chi connectivity index (χ1) is 10.0. The van der Waals surface area contributed by atoms with E-state index in [9.17, 15) is 13.2 Å². The highest BCUT2D eigenvalue weighted by atomic mass is 32.2. The first kappa shape index (κ1) is 16.7. The Morgan fingerprint density at radius 1 is 1.14 bits per heavy atom. The van der Waals surface area contributed by atoms with Gasteiger partial charge in [-0.1, -0.05) is 0 Å². The van der Waals surface area contributed by atoms with E-state index in [1.165, 1.54) is 20.0 Å². The molecule has 0 aromatic rings. The van der Waals surface area contributed by atoms with E-state index in [-0.39, 0.29) is 18.1 Å². The normalized spacial score (nSPS) is 22.5. The SMILES string of the molecule is COC(=O)CCCS(=O)(=O)N1CCC(N2CCCC2)CC1. The standard InChI is InChI=1S/C14H26N2O4S/c1-20-14(17)5-4-12-21(18,19)16-10-6-13(7-11-16)15-8-2-3-9-15/h13H,2-12H2,1H3. The first-order valence-corrected chi connectivity index (χ1v) is 9.42. The number of rotatable bonds is 6. The van der Waals surface area contributed by atoms with Crippen molar-refractivity contribution in [2.24, 2.45) is 0 Å². The molecule has 0 atom stereocenters. The fourth-order valence-corrected chi connectivity index (χ4v) is 4.76. The van der Waals surface area contributed by atoms with Gasteiger partial charge < -0.3 is 9.64 Å². The Morgan fingerprint density at radius 2 is 1.76 bits per heavy atom. The van der Waals surface area contributed by atoms with Gasteiger partial charge in [-0.2, -0.15) is 0 Å². The minimum atomic E-state index is -3.23. The molecule has 0 radical (unpaired) electrons. The van der Waals surface area contributed by atoms with Gasteiger partial charge in [-0.05, 0) is 45.2 Å². The van der Waals surface area contributed by atoms with Crippen LogP contribution in [0.3, 0.4) is 0 Å². The number of methoxy groups -OCH3 is 1. The highest BCUT2D eigenvalue weighted by Crippen LogP contribution is 2.22. The summed E-state index contributed by atoms with van der Waals surface area (Å²) in [6, 6.07) is 0.550. The number of carbonyl (C=O) groups is 1. The van der Waals surface area contributed by atoms with Gasteiger partial charge in [0.25, 0.3) is 0 Å². The highest BCUT2D eigenvalue weighted by Gasteiger charge is 2.31. The van der Waals surface area contributed by atoms with Crippen molar-refractivity contribution in [2.45, 2.75) is 44.6 Å². The fraction of sp³-hybridized carbons (Fsp3) is 0.929. The number of likely N-dealkylation sites (tertiary alicyclic amines) is 1. The van der Waals surface area contributed by atoms with E-state index < -0.39 is 10.0 Å². The largest absolute Gasteiger partial charge is 0.469 e. The van der Waals surface area contributed by atoms with Crippen molar-refractivity contribution in [3.8, 4) is 0 Å². The molecule has 0 aromatic heterocycles. The number of carbonyl (C=O) groups excluding carboxylic acids is 1. The lowest BCUT2D eigenvalue weighted by Gasteiger charge is -2.36. The lowest BCUT2D eigenvalue weighted by molar-refractivity contribution is -0.140. The third-order valence-corrected chi connectivity index (χ3v) is 6.44. The van der Waals surface area contributed by atoms with Gasteiger partial charge in [0.1, 0.15) is 0 Å². The predicted octanol–water partition coefficient (Wildman–Crippen LogP) is 0.830. The second-order valence-corrected chi connectivity index (χ2v) is 7.96. The summed E-state index contributed by atoms with van der Waals surface area (Å²) in [5.41, 5.74) is 0. The second-order valence-electron chi connectivity index (χ2n) is 5.87. The Bertz CT molecular complexity index is 438. The summed E-state index contributed by atoms with van der Waals surface area (Å²) in [5.74, 6) is -0.311. The summed E-state index contributed by atoms with van der Waals surface area (Å²) in [7, 11) is -1.91. The third-order valence-electron chi connectivity index (χ3n) is 4.48. The van der Waals surface area contributed by atoms with Gasteiger partial charge in [0.05, 0.1) is 12.9 Å². The van der Waals surface area contributed by atoms with Crippen molar-refractivity contribution < 1.29 is 17.9 Å². The molecule has 21 heavy (non-hydrogen) atoms. The van der Waals surface area contributed by atoms with E-state index in [1.807, 2.05) is 0 Å². The molecule has 2 fully saturated rings. The Labute approximate surface area is 127 Å². The monoisotopic (exact) mass is 318 g/mol. The van der Waals surface area contributed by atoms with Gasteiger partial charge in [0.15, 0.2) is 0 Å². The Morgan fingerprint density at radius 3 is 2.33 bits per heavy atom. The Kier molecular flexibility index (Phi) is 6.01. The van der Waals surface area contributed by atoms with Crippen LogP contribution < -0.4 is 0 Å². The van der Waals surface area contributed by atoms with E-state index in [1.54, 1.807) is 4.31 Å². The number of hydrogen-bond acceptors (Lipinski definition) is 5. The molecule has 2 saturated heterocycles. The van der Waals surface area contributed by atoms with E-state index >= 15 is 0 Å². The summed E-state index contributed by atoms with van der Waals surface area (Å²) < 4.78 is 30.6. The number of sulfonamides is 1. The van der Waals surface area contributed by atoms with Gasteiger partial charge in [0, 0.05) is 25.6 Å². The van der Waals surface area contributed by atoms with Gasteiger partial charge in [-0.15, -0.1) is 0 Å². The van der Waals surface area contributed by atoms with Gasteiger partial charge in [-0.3, -0.25) is 4.79 Å². The summed E-state index contributed by atoms with van der Waals surface area (Å²) >= 11 is 0. The molecule has 2 rings (SSSR count). The van der Waals surface area contributed by atoms with Crippen LogP contribution in [0.15, 0.2) is 0 Å². The minimum Gasteiger partial charge on any atom is -0.469 e. The second kappa shape index (κ2) is 7.56. The zero-order valence-electron chi connectivity index (χ0n) is 12.8. The maximum atomic E-state index is 12.2. The molecular formula is C14H26N2O4S. The molecular weight excluding hydrogens is 292 g/mol. The van der Waals surface area contributed by atoms with Gasteiger partial charge in [-0.25, -0.2) is 12.7 Å². The molecule has 0 amide bonds. The van der Waals surface area contributed by atoms with Crippen molar-refractivity contribution in [1.82, 2.24) is 9.21 Å². The number of piperidine rings is 1. The third kappa shape index (κ3) is 4.66. The van der Waals surface area contributed by atoms with Crippen molar-refractivity contribution in [1.29, 1.82) is 0 Å². The maximum Gasteiger partial charge on any atom is 0.305 e. The van der Waals surface area contributed by atoms with Gasteiger partial charge >= 0.3 is 5.97 Å². The van der Waals surface area contributed by atoms with E-state index in [4.69, 9.17) is 0 Å². The van der Waals surface area contributed by atoms with Crippen LogP contribution in [-0.2, 0) is 19.6 Å². The zero-order chi connectivity index (χ0) is 15.3. The number of hydrogen-bond donors (Lipinski definition) is 0. The van der Waals surface area contributed by atoms with Crippen LogP contribution in [0.25, 0.3) is 0 Å². The summed E-state index contributed by atoms with van der Waals surface area (Å²) in [5, 5.41) is 0. The predicted molar refractivity (Wildman–Crippen MR) is 80.4 cm³/mol. The van der Waals surface area contributed by atoms with E-state index in [2.05, 4.69) is 9.64 Å². The summed E-state index contributed by atoms with van der Waals surface area (Å²) in [6.07, 6.45) is 4.89. The number of nitrogens with zero attached hydrogens (tertiary/aromatic N) is 2. The van der Waals surface area contributed by atoms with Crippen molar-refractivity contribution in [3.05, 3.63) is 0 Å². The summed E-state index contributed by atoms with van der Waals surface area (Å²) in [4.78, 5) is 13.5. The molecule has 0 aromatic carbocycles. The lowest BCUT2D eigenvalue weighted by Crippen LogP contribution is -2.46. The first-order valence-electron chi connectivity index (χ1n) is 7.81. The fourth-order valence-electron chi connectivity index (χ4n) is 3.22. The van der Waals surface area contributed by atoms with Crippen LogP contribution in [0.1, 0.15) is 38.5 Å². The smallest absolute Gasteiger partial charge is 0.305 e. The molecule has 0 bridgehead atoms. The molecule has 2 aliphatic heterocycles. The molecule has 0 saturated carbocycles. The quantitative estimate of drug-likeness (QED) is 0.679. The molecule has 6 nitrogen and oxygen atoms in total. The molecule has 2 aliphatic rings. The van der Waals surface area contributed by atoms with Crippen LogP contribution in [0, 0.1) is 0 Å². The average Bonchev–Trinajstić information content (AvgIpc) is 3.01. The zero-order valence-corrected chi connectivity index (χ0v) is 13.6. The molecule has 0 N–H and O–H groups in total. The molecule has 7 heteroatoms. The molecule has 122 valence electrons. The van der Waals surface area contributed by atoms with Crippen LogP contribution >= 0.6 is 0 Å². The molecule has 2 heterocycles. The topological polar surface area (TPSA) is 66.9 Å². The minimum absolute atomic E-state index is 0.0382. The molecule has 0 spiro atoms. The Balaban J connectivity index is 1.76. The summed E-state index contributed by atoms with van der Waals surface area (Å²) in [6.45, 7) is 3.55. The maximum absolute atomic E-state index is 12.2. The molecule has 0 aliphatic carbocycles. The van der Waals surface area contributed by atoms with Gasteiger partial charge in [0.2, 0.25) is 10.0 Å². The molecule has 0 unspecified atom stereocenters. The Hall–Kier alpha value is -0.660. The van der Waals surface area contributed by atoms with E-state index in [0.717, 1.165) is 25.9 Å². The highest BCUT2D eigenvalue weighted by molar-refractivity contribution is 7.89. The number of esters is 1. The average molecular weight is 318 g/mol. The van der Waals surface area contributed by atoms with Crippen molar-refractivity contribution in [2.75, 3.05) is 39.0 Å². The van der Waals surface area contributed by atoms with Crippen LogP contribution in [0.2, 0.25) is 0 Å². The number of ether oxygens (including phenoxy) is 1. The van der Waals surface area contributed by atoms with E-state index in [0.29, 0.717) is 25.6 Å². The van der Waals surface area contributed by atoms with Crippen LogP contribution in [0.4, 0.5) is 0 Å². The van der Waals surface area contributed by atoms with Crippen LogP contribution in [0.5, 0.6) is 0 Å². The van der Waals surface area contributed by atoms with Crippen molar-refractivity contribution >= 4 is 16.0 Å². The van der Waals surface area contributed by atoms with Crippen molar-refractivity contribution in [3.63, 3.8) is 0 Å².